The van der Waals surface area contributed by atoms with Crippen LogP contribution in [0.25, 0.3) is 0 Å². The highest BCUT2D eigenvalue weighted by Crippen LogP contribution is 2.22. The van der Waals surface area contributed by atoms with E-state index < -0.39 is 0 Å². The van der Waals surface area contributed by atoms with Gasteiger partial charge in [-0.05, 0) is 42.8 Å². The third kappa shape index (κ3) is 3.65. The van der Waals surface area contributed by atoms with Crippen molar-refractivity contribution in [1.82, 2.24) is 0 Å². The molecule has 0 fully saturated rings. The topological polar surface area (TPSA) is 50.4 Å². The fourth-order valence-corrected chi connectivity index (χ4v) is 1.81. The number of anilines is 2. The quantitative estimate of drug-likeness (QED) is 0.885. The van der Waals surface area contributed by atoms with Crippen LogP contribution in [0.4, 0.5) is 16.2 Å². The van der Waals surface area contributed by atoms with Gasteiger partial charge in [-0.1, -0.05) is 17.7 Å². The van der Waals surface area contributed by atoms with Gasteiger partial charge in [-0.2, -0.15) is 0 Å². The fourth-order valence-electron chi connectivity index (χ4n) is 1.68. The first kappa shape index (κ1) is 14.2. The second-order valence-electron chi connectivity index (χ2n) is 4.27. The van der Waals surface area contributed by atoms with Gasteiger partial charge in [-0.15, -0.1) is 0 Å². The second-order valence-corrected chi connectivity index (χ2v) is 4.70. The van der Waals surface area contributed by atoms with E-state index in [9.17, 15) is 4.79 Å². The van der Waals surface area contributed by atoms with Crippen molar-refractivity contribution >= 4 is 29.0 Å². The smallest absolute Gasteiger partial charge is 0.323 e. The highest BCUT2D eigenvalue weighted by molar-refractivity contribution is 6.30. The van der Waals surface area contributed by atoms with Gasteiger partial charge < -0.3 is 15.4 Å². The number of hydrogen-bond acceptors (Lipinski definition) is 2. The normalized spacial score (nSPS) is 9.95. The summed E-state index contributed by atoms with van der Waals surface area (Å²) in [5.74, 6) is 0.692. The van der Waals surface area contributed by atoms with E-state index in [4.69, 9.17) is 16.3 Å². The Morgan fingerprint density at radius 1 is 1.10 bits per heavy atom. The van der Waals surface area contributed by atoms with E-state index in [0.717, 1.165) is 5.56 Å². The maximum atomic E-state index is 11.9. The zero-order chi connectivity index (χ0) is 14.5. The van der Waals surface area contributed by atoms with Crippen LogP contribution in [0, 0.1) is 6.92 Å². The Morgan fingerprint density at radius 2 is 1.80 bits per heavy atom. The molecular formula is C15H15ClN2O2. The SMILES string of the molecule is COc1ccc(C)c(NC(=O)Nc2ccc(Cl)cc2)c1. The van der Waals surface area contributed by atoms with Crippen molar-refractivity contribution in [3.05, 3.63) is 53.1 Å². The molecule has 0 aromatic heterocycles. The molecule has 0 saturated heterocycles. The third-order valence-corrected chi connectivity index (χ3v) is 3.05. The summed E-state index contributed by atoms with van der Waals surface area (Å²) < 4.78 is 5.14. The predicted molar refractivity (Wildman–Crippen MR) is 81.8 cm³/mol. The first-order chi connectivity index (χ1) is 9.58. The molecule has 2 aromatic carbocycles. The van der Waals surface area contributed by atoms with Crippen LogP contribution in [0.5, 0.6) is 5.75 Å². The maximum Gasteiger partial charge on any atom is 0.323 e. The van der Waals surface area contributed by atoms with E-state index in [2.05, 4.69) is 10.6 Å². The number of urea groups is 1. The summed E-state index contributed by atoms with van der Waals surface area (Å²) in [5, 5.41) is 6.14. The Bertz CT molecular complexity index is 612. The number of ether oxygens (including phenoxy) is 1. The van der Waals surface area contributed by atoms with E-state index in [0.29, 0.717) is 22.1 Å². The summed E-state index contributed by atoms with van der Waals surface area (Å²) in [6.45, 7) is 1.91. The average molecular weight is 291 g/mol. The minimum absolute atomic E-state index is 0.316. The molecule has 104 valence electrons. The molecular weight excluding hydrogens is 276 g/mol. The third-order valence-electron chi connectivity index (χ3n) is 2.80. The first-order valence-electron chi connectivity index (χ1n) is 6.06. The predicted octanol–water partition coefficient (Wildman–Crippen LogP) is 4.30. The van der Waals surface area contributed by atoms with Gasteiger partial charge >= 0.3 is 6.03 Å². The summed E-state index contributed by atoms with van der Waals surface area (Å²) in [6, 6.07) is 12.1. The number of amides is 2. The van der Waals surface area contributed by atoms with Crippen molar-refractivity contribution in [2.45, 2.75) is 6.92 Å². The van der Waals surface area contributed by atoms with Gasteiger partial charge in [0.2, 0.25) is 0 Å². The first-order valence-corrected chi connectivity index (χ1v) is 6.44. The summed E-state index contributed by atoms with van der Waals surface area (Å²) in [5.41, 5.74) is 2.33. The number of nitrogens with one attached hydrogen (secondary N) is 2. The van der Waals surface area contributed by atoms with Crippen molar-refractivity contribution in [2.24, 2.45) is 0 Å². The lowest BCUT2D eigenvalue weighted by Gasteiger charge is -2.11. The molecule has 0 heterocycles. The second kappa shape index (κ2) is 6.30. The van der Waals surface area contributed by atoms with Crippen LogP contribution in [0.3, 0.4) is 0 Å². The lowest BCUT2D eigenvalue weighted by atomic mass is 10.2. The van der Waals surface area contributed by atoms with Gasteiger partial charge in [-0.3, -0.25) is 0 Å². The van der Waals surface area contributed by atoms with Gasteiger partial charge in [0, 0.05) is 22.5 Å². The molecule has 0 aliphatic rings. The molecule has 20 heavy (non-hydrogen) atoms. The number of carbonyl (C=O) groups excluding carboxylic acids is 1. The van der Waals surface area contributed by atoms with Crippen molar-refractivity contribution in [3.8, 4) is 5.75 Å². The van der Waals surface area contributed by atoms with Gasteiger partial charge in [-0.25, -0.2) is 4.79 Å². The molecule has 0 unspecified atom stereocenters. The van der Waals surface area contributed by atoms with Gasteiger partial charge in [0.25, 0.3) is 0 Å². The molecule has 0 bridgehead atoms. The Labute approximate surface area is 122 Å². The largest absolute Gasteiger partial charge is 0.497 e. The van der Waals surface area contributed by atoms with Crippen LogP contribution in [0.1, 0.15) is 5.56 Å². The number of methoxy groups -OCH3 is 1. The average Bonchev–Trinajstić information content (AvgIpc) is 2.44. The van der Waals surface area contributed by atoms with E-state index in [1.165, 1.54) is 0 Å². The molecule has 2 N–H and O–H groups in total. The zero-order valence-electron chi connectivity index (χ0n) is 11.2. The van der Waals surface area contributed by atoms with E-state index >= 15 is 0 Å². The molecule has 0 radical (unpaired) electrons. The fraction of sp³-hybridized carbons (Fsp3) is 0.133. The van der Waals surface area contributed by atoms with Crippen LogP contribution in [-0.2, 0) is 0 Å². The lowest BCUT2D eigenvalue weighted by Crippen LogP contribution is -2.19. The standard InChI is InChI=1S/C15H15ClN2O2/c1-10-3-8-13(20-2)9-14(10)18-15(19)17-12-6-4-11(16)5-7-12/h3-9H,1-2H3,(H2,17,18,19). The molecule has 0 saturated carbocycles. The van der Waals surface area contributed by atoms with Gasteiger partial charge in [0.1, 0.15) is 5.75 Å². The zero-order valence-corrected chi connectivity index (χ0v) is 12.0. The van der Waals surface area contributed by atoms with Crippen LogP contribution >= 0.6 is 11.6 Å². The van der Waals surface area contributed by atoms with E-state index in [1.807, 2.05) is 19.1 Å². The van der Waals surface area contributed by atoms with Crippen molar-refractivity contribution in [3.63, 3.8) is 0 Å². The number of halogens is 1. The summed E-state index contributed by atoms with van der Waals surface area (Å²) >= 11 is 5.79. The minimum Gasteiger partial charge on any atom is -0.497 e. The van der Waals surface area contributed by atoms with E-state index in [1.54, 1.807) is 37.4 Å². The van der Waals surface area contributed by atoms with Crippen molar-refractivity contribution in [2.75, 3.05) is 17.7 Å². The number of rotatable bonds is 3. The van der Waals surface area contributed by atoms with Crippen LogP contribution in [0.2, 0.25) is 5.02 Å². The monoisotopic (exact) mass is 290 g/mol. The number of aryl methyl sites for hydroxylation is 1. The molecule has 5 heteroatoms. The Kier molecular flexibility index (Phi) is 4.48. The molecule has 4 nitrogen and oxygen atoms in total. The maximum absolute atomic E-state index is 11.9. The van der Waals surface area contributed by atoms with Gasteiger partial charge in [0.05, 0.1) is 7.11 Å². The highest BCUT2D eigenvalue weighted by atomic mass is 35.5. The molecule has 0 atom stereocenters. The van der Waals surface area contributed by atoms with E-state index in [-0.39, 0.29) is 6.03 Å². The Morgan fingerprint density at radius 3 is 2.45 bits per heavy atom. The van der Waals surface area contributed by atoms with Gasteiger partial charge in [0.15, 0.2) is 0 Å². The Balaban J connectivity index is 2.06. The number of hydrogen-bond donors (Lipinski definition) is 2. The Hall–Kier alpha value is -2.20. The van der Waals surface area contributed by atoms with Crippen LogP contribution in [-0.4, -0.2) is 13.1 Å². The summed E-state index contributed by atoms with van der Waals surface area (Å²) in [4.78, 5) is 11.9. The molecule has 2 rings (SSSR count). The molecule has 2 aromatic rings. The van der Waals surface area contributed by atoms with Crippen LogP contribution in [0.15, 0.2) is 42.5 Å². The summed E-state index contributed by atoms with van der Waals surface area (Å²) in [7, 11) is 1.59. The summed E-state index contributed by atoms with van der Waals surface area (Å²) in [6.07, 6.45) is 0. The highest BCUT2D eigenvalue weighted by Gasteiger charge is 2.06. The molecule has 2 amide bonds. The number of benzene rings is 2. The molecule has 0 aliphatic carbocycles. The minimum atomic E-state index is -0.316. The van der Waals surface area contributed by atoms with Crippen molar-refractivity contribution in [1.29, 1.82) is 0 Å². The van der Waals surface area contributed by atoms with Crippen molar-refractivity contribution < 1.29 is 9.53 Å². The lowest BCUT2D eigenvalue weighted by molar-refractivity contribution is 0.262. The molecule has 0 aliphatic heterocycles. The number of carbonyl (C=O) groups is 1. The molecule has 0 spiro atoms. The van der Waals surface area contributed by atoms with Crippen LogP contribution < -0.4 is 15.4 Å².